The van der Waals surface area contributed by atoms with Crippen LogP contribution in [-0.4, -0.2) is 25.5 Å². The second-order valence-corrected chi connectivity index (χ2v) is 5.14. The largest absolute Gasteiger partial charge is 0.433 e. The molecule has 0 aromatic carbocycles. The van der Waals surface area contributed by atoms with E-state index >= 15 is 0 Å². The SMILES string of the molecule is Cn1nc(C(=O)NCc2c(Br)cnn2C)cc1C(F)(F)F. The first-order valence-corrected chi connectivity index (χ1v) is 6.55. The molecule has 0 fully saturated rings. The lowest BCUT2D eigenvalue weighted by atomic mass is 10.3. The van der Waals surface area contributed by atoms with Crippen LogP contribution < -0.4 is 5.32 Å². The summed E-state index contributed by atoms with van der Waals surface area (Å²) in [6.45, 7) is 0.119. The fraction of sp³-hybridized carbons (Fsp3) is 0.364. The molecular formula is C11H11BrF3N5O. The second kappa shape index (κ2) is 5.51. The number of nitrogens with zero attached hydrogens (tertiary/aromatic N) is 4. The first-order chi connectivity index (χ1) is 9.70. The van der Waals surface area contributed by atoms with Crippen molar-refractivity contribution in [1.82, 2.24) is 24.9 Å². The number of aromatic nitrogens is 4. The summed E-state index contributed by atoms with van der Waals surface area (Å²) >= 11 is 3.26. The van der Waals surface area contributed by atoms with Crippen LogP contribution in [0, 0.1) is 0 Å². The maximum absolute atomic E-state index is 12.6. The van der Waals surface area contributed by atoms with E-state index in [1.165, 1.54) is 0 Å². The Balaban J connectivity index is 2.11. The molecule has 0 radical (unpaired) electrons. The third-order valence-electron chi connectivity index (χ3n) is 2.83. The number of nitrogens with one attached hydrogen (secondary N) is 1. The molecule has 0 atom stereocenters. The van der Waals surface area contributed by atoms with Crippen LogP contribution in [0.3, 0.4) is 0 Å². The van der Waals surface area contributed by atoms with Crippen molar-refractivity contribution in [1.29, 1.82) is 0 Å². The van der Waals surface area contributed by atoms with E-state index in [0.29, 0.717) is 20.9 Å². The highest BCUT2D eigenvalue weighted by Gasteiger charge is 2.35. The molecule has 0 unspecified atom stereocenters. The standard InChI is InChI=1S/C11H11BrF3N5O/c1-19-8(6(12)4-17-19)5-16-10(21)7-3-9(11(13,14)15)20(2)18-7/h3-4H,5H2,1-2H3,(H,16,21). The Kier molecular flexibility index (Phi) is 4.08. The minimum Gasteiger partial charge on any atom is -0.345 e. The van der Waals surface area contributed by atoms with Gasteiger partial charge in [0.15, 0.2) is 5.69 Å². The lowest BCUT2D eigenvalue weighted by Crippen LogP contribution is -2.24. The van der Waals surface area contributed by atoms with Crippen LogP contribution in [-0.2, 0) is 26.8 Å². The van der Waals surface area contributed by atoms with E-state index in [-0.39, 0.29) is 12.2 Å². The number of carbonyl (C=O) groups excluding carboxylic acids is 1. The van der Waals surface area contributed by atoms with Gasteiger partial charge in [-0.3, -0.25) is 14.2 Å². The monoisotopic (exact) mass is 365 g/mol. The Labute approximate surface area is 126 Å². The van der Waals surface area contributed by atoms with Gasteiger partial charge in [-0.2, -0.15) is 23.4 Å². The topological polar surface area (TPSA) is 64.7 Å². The Hall–Kier alpha value is -1.84. The quantitative estimate of drug-likeness (QED) is 0.902. The van der Waals surface area contributed by atoms with Crippen molar-refractivity contribution in [2.45, 2.75) is 12.7 Å². The van der Waals surface area contributed by atoms with Crippen LogP contribution in [0.5, 0.6) is 0 Å². The van der Waals surface area contributed by atoms with E-state index in [4.69, 9.17) is 0 Å². The summed E-state index contributed by atoms with van der Waals surface area (Å²) < 4.78 is 40.8. The van der Waals surface area contributed by atoms with Crippen LogP contribution in [0.4, 0.5) is 13.2 Å². The van der Waals surface area contributed by atoms with Gasteiger partial charge in [0.2, 0.25) is 0 Å². The maximum Gasteiger partial charge on any atom is 0.433 e. The van der Waals surface area contributed by atoms with Crippen LogP contribution in [0.2, 0.25) is 0 Å². The maximum atomic E-state index is 12.6. The Morgan fingerprint density at radius 1 is 1.38 bits per heavy atom. The molecule has 2 rings (SSSR count). The Morgan fingerprint density at radius 2 is 2.05 bits per heavy atom. The summed E-state index contributed by atoms with van der Waals surface area (Å²) in [7, 11) is 2.83. The fourth-order valence-electron chi connectivity index (χ4n) is 1.73. The summed E-state index contributed by atoms with van der Waals surface area (Å²) in [4.78, 5) is 11.9. The molecule has 0 bridgehead atoms. The van der Waals surface area contributed by atoms with Gasteiger partial charge in [0.1, 0.15) is 5.69 Å². The van der Waals surface area contributed by atoms with Gasteiger partial charge in [-0.1, -0.05) is 0 Å². The smallest absolute Gasteiger partial charge is 0.345 e. The number of hydrogen-bond donors (Lipinski definition) is 1. The van der Waals surface area contributed by atoms with E-state index in [0.717, 1.165) is 7.05 Å². The van der Waals surface area contributed by atoms with Crippen LogP contribution in [0.25, 0.3) is 0 Å². The average Bonchev–Trinajstić information content (AvgIpc) is 2.91. The molecule has 0 aliphatic heterocycles. The van der Waals surface area contributed by atoms with Gasteiger partial charge in [-0.05, 0) is 15.9 Å². The van der Waals surface area contributed by atoms with E-state index in [9.17, 15) is 18.0 Å². The molecule has 21 heavy (non-hydrogen) atoms. The fourth-order valence-corrected chi connectivity index (χ4v) is 2.22. The summed E-state index contributed by atoms with van der Waals surface area (Å²) in [5, 5.41) is 10.0. The third kappa shape index (κ3) is 3.26. The molecule has 0 aliphatic rings. The number of rotatable bonds is 3. The molecule has 6 nitrogen and oxygen atoms in total. The van der Waals surface area contributed by atoms with Gasteiger partial charge in [-0.15, -0.1) is 0 Å². The van der Waals surface area contributed by atoms with E-state index in [1.807, 2.05) is 0 Å². The molecular weight excluding hydrogens is 355 g/mol. The highest BCUT2D eigenvalue weighted by molar-refractivity contribution is 9.10. The lowest BCUT2D eigenvalue weighted by molar-refractivity contribution is -0.143. The zero-order valence-electron chi connectivity index (χ0n) is 11.1. The van der Waals surface area contributed by atoms with Gasteiger partial charge in [0.05, 0.1) is 22.9 Å². The molecule has 10 heteroatoms. The Morgan fingerprint density at radius 3 is 2.52 bits per heavy atom. The van der Waals surface area contributed by atoms with Crippen molar-refractivity contribution in [3.8, 4) is 0 Å². The first kappa shape index (κ1) is 15.5. The van der Waals surface area contributed by atoms with Gasteiger partial charge in [-0.25, -0.2) is 0 Å². The molecule has 2 aromatic heterocycles. The first-order valence-electron chi connectivity index (χ1n) is 5.76. The van der Waals surface area contributed by atoms with Gasteiger partial charge < -0.3 is 5.32 Å². The highest BCUT2D eigenvalue weighted by atomic mass is 79.9. The van der Waals surface area contributed by atoms with Crippen LogP contribution in [0.15, 0.2) is 16.7 Å². The number of aryl methyl sites for hydroxylation is 2. The molecule has 0 spiro atoms. The van der Waals surface area contributed by atoms with E-state index in [2.05, 4.69) is 31.4 Å². The molecule has 0 saturated heterocycles. The number of halogens is 4. The predicted molar refractivity (Wildman–Crippen MR) is 70.3 cm³/mol. The zero-order chi connectivity index (χ0) is 15.8. The lowest BCUT2D eigenvalue weighted by Gasteiger charge is -2.04. The molecule has 114 valence electrons. The summed E-state index contributed by atoms with van der Waals surface area (Å²) in [6.07, 6.45) is -2.99. The van der Waals surface area contributed by atoms with Crippen LogP contribution >= 0.6 is 15.9 Å². The number of alkyl halides is 3. The summed E-state index contributed by atoms with van der Waals surface area (Å²) in [5.41, 5.74) is -0.576. The van der Waals surface area contributed by atoms with Crippen molar-refractivity contribution in [2.75, 3.05) is 0 Å². The van der Waals surface area contributed by atoms with Crippen molar-refractivity contribution in [3.05, 3.63) is 33.8 Å². The van der Waals surface area contributed by atoms with Crippen molar-refractivity contribution in [2.24, 2.45) is 14.1 Å². The third-order valence-corrected chi connectivity index (χ3v) is 3.49. The van der Waals surface area contributed by atoms with E-state index in [1.54, 1.807) is 17.9 Å². The normalized spacial score (nSPS) is 11.7. The summed E-state index contributed by atoms with van der Waals surface area (Å²) in [5.74, 6) is -0.686. The average molecular weight is 366 g/mol. The second-order valence-electron chi connectivity index (χ2n) is 4.28. The number of amides is 1. The molecule has 0 aliphatic carbocycles. The van der Waals surface area contributed by atoms with Gasteiger partial charge in [0, 0.05) is 20.2 Å². The van der Waals surface area contributed by atoms with Crippen molar-refractivity contribution in [3.63, 3.8) is 0 Å². The van der Waals surface area contributed by atoms with Gasteiger partial charge >= 0.3 is 6.18 Å². The van der Waals surface area contributed by atoms with Gasteiger partial charge in [0.25, 0.3) is 5.91 Å². The zero-order valence-corrected chi connectivity index (χ0v) is 12.7. The molecule has 1 amide bonds. The minimum absolute atomic E-state index is 0.119. The molecule has 1 N–H and O–H groups in total. The van der Waals surface area contributed by atoms with Crippen molar-refractivity contribution >= 4 is 21.8 Å². The highest BCUT2D eigenvalue weighted by Crippen LogP contribution is 2.29. The number of carbonyl (C=O) groups is 1. The minimum atomic E-state index is -4.55. The Bertz CT molecular complexity index is 656. The number of hydrogen-bond acceptors (Lipinski definition) is 3. The molecule has 0 saturated carbocycles. The molecule has 2 aromatic rings. The summed E-state index contributed by atoms with van der Waals surface area (Å²) in [6, 6.07) is 0.716. The molecule has 2 heterocycles. The predicted octanol–water partition coefficient (Wildman–Crippen LogP) is 1.86. The van der Waals surface area contributed by atoms with Crippen molar-refractivity contribution < 1.29 is 18.0 Å². The van der Waals surface area contributed by atoms with Crippen LogP contribution in [0.1, 0.15) is 21.9 Å². The van der Waals surface area contributed by atoms with E-state index < -0.39 is 17.8 Å².